The monoisotopic (exact) mass is 491 g/mol. The molecule has 1 amide bonds. The van der Waals surface area contributed by atoms with E-state index in [0.29, 0.717) is 22.1 Å². The van der Waals surface area contributed by atoms with Crippen molar-refractivity contribution in [2.45, 2.75) is 44.2 Å². The number of carbonyl (C=O) groups excluding carboxylic acids is 1. The second-order valence-corrected chi connectivity index (χ2v) is 10.4. The largest absolute Gasteiger partial charge is 0.340 e. The number of aryl methyl sites for hydroxylation is 1. The number of benzene rings is 1. The van der Waals surface area contributed by atoms with Crippen molar-refractivity contribution in [3.63, 3.8) is 0 Å². The molecule has 7 nitrogen and oxygen atoms in total. The summed E-state index contributed by atoms with van der Waals surface area (Å²) in [6.07, 6.45) is 3.34. The van der Waals surface area contributed by atoms with Crippen LogP contribution in [-0.2, 0) is 17.6 Å². The summed E-state index contributed by atoms with van der Waals surface area (Å²) >= 11 is 2.82. The van der Waals surface area contributed by atoms with Gasteiger partial charge in [0.15, 0.2) is 5.16 Å². The molecule has 0 saturated heterocycles. The first-order chi connectivity index (χ1) is 16.5. The lowest BCUT2D eigenvalue weighted by Crippen LogP contribution is -2.34. The van der Waals surface area contributed by atoms with Crippen LogP contribution in [0.2, 0.25) is 0 Å². The molecule has 1 atom stereocenters. The average Bonchev–Trinajstić information content (AvgIpc) is 3.20. The summed E-state index contributed by atoms with van der Waals surface area (Å²) in [7, 11) is 0. The van der Waals surface area contributed by atoms with Gasteiger partial charge in [-0.25, -0.2) is 4.98 Å². The number of thioether (sulfide) groups is 1. The van der Waals surface area contributed by atoms with Crippen LogP contribution in [0.25, 0.3) is 15.9 Å². The molecule has 0 fully saturated rings. The lowest BCUT2D eigenvalue weighted by molar-refractivity contribution is -0.128. The number of amides is 1. The smallest absolute Gasteiger partial charge is 0.267 e. The van der Waals surface area contributed by atoms with Gasteiger partial charge in [0.2, 0.25) is 5.91 Å². The van der Waals surface area contributed by atoms with E-state index in [1.807, 2.05) is 42.5 Å². The van der Waals surface area contributed by atoms with E-state index in [9.17, 15) is 9.59 Å². The molecule has 1 unspecified atom stereocenters. The number of thiophene rings is 1. The fourth-order valence-corrected chi connectivity index (χ4v) is 6.56. The molecule has 34 heavy (non-hydrogen) atoms. The summed E-state index contributed by atoms with van der Waals surface area (Å²) in [5.74, 6) is 0.490. The van der Waals surface area contributed by atoms with Crippen LogP contribution >= 0.6 is 23.1 Å². The summed E-state index contributed by atoms with van der Waals surface area (Å²) < 4.78 is 1.61. The zero-order valence-electron chi connectivity index (χ0n) is 19.0. The van der Waals surface area contributed by atoms with E-state index in [-0.39, 0.29) is 43.2 Å². The van der Waals surface area contributed by atoms with Crippen LogP contribution in [0.5, 0.6) is 0 Å². The number of hydrogen-bond donors (Lipinski definition) is 0. The van der Waals surface area contributed by atoms with Gasteiger partial charge in [-0.2, -0.15) is 10.5 Å². The van der Waals surface area contributed by atoms with Crippen molar-refractivity contribution in [3.05, 3.63) is 51.1 Å². The maximum absolute atomic E-state index is 13.8. The van der Waals surface area contributed by atoms with Crippen molar-refractivity contribution >= 4 is 39.2 Å². The van der Waals surface area contributed by atoms with Gasteiger partial charge in [-0.05, 0) is 42.9 Å². The predicted molar refractivity (Wildman–Crippen MR) is 134 cm³/mol. The van der Waals surface area contributed by atoms with Crippen molar-refractivity contribution in [2.75, 3.05) is 18.8 Å². The third-order valence-corrected chi connectivity index (χ3v) is 8.05. The van der Waals surface area contributed by atoms with Gasteiger partial charge in [0.1, 0.15) is 4.83 Å². The van der Waals surface area contributed by atoms with Crippen LogP contribution in [0.15, 0.2) is 40.3 Å². The van der Waals surface area contributed by atoms with E-state index in [1.165, 1.54) is 21.5 Å². The number of fused-ring (bicyclic) bond motifs is 3. The van der Waals surface area contributed by atoms with Gasteiger partial charge < -0.3 is 4.90 Å². The normalized spacial score (nSPS) is 14.9. The van der Waals surface area contributed by atoms with Crippen LogP contribution in [0.3, 0.4) is 0 Å². The van der Waals surface area contributed by atoms with Gasteiger partial charge >= 0.3 is 0 Å². The number of para-hydroxylation sites is 1. The van der Waals surface area contributed by atoms with Gasteiger partial charge in [0.05, 0.1) is 41.8 Å². The molecule has 174 valence electrons. The van der Waals surface area contributed by atoms with Crippen LogP contribution in [0.1, 0.15) is 36.6 Å². The number of carbonyl (C=O) groups is 1. The maximum Gasteiger partial charge on any atom is 0.267 e. The quantitative estimate of drug-likeness (QED) is 0.343. The molecular weight excluding hydrogens is 466 g/mol. The topological polar surface area (TPSA) is 103 Å². The van der Waals surface area contributed by atoms with Gasteiger partial charge in [-0.1, -0.05) is 36.9 Å². The van der Waals surface area contributed by atoms with E-state index in [2.05, 4.69) is 6.92 Å². The second kappa shape index (κ2) is 10.9. The Kier molecular flexibility index (Phi) is 7.66. The lowest BCUT2D eigenvalue weighted by atomic mass is 9.89. The molecule has 2 heterocycles. The van der Waals surface area contributed by atoms with Crippen molar-refractivity contribution in [3.8, 4) is 17.8 Å². The third-order valence-electron chi connectivity index (χ3n) is 5.98. The zero-order chi connectivity index (χ0) is 24.1. The molecule has 4 rings (SSSR count). The number of nitriles is 2. The Morgan fingerprint density at radius 2 is 1.94 bits per heavy atom. The predicted octanol–water partition coefficient (Wildman–Crippen LogP) is 4.32. The van der Waals surface area contributed by atoms with E-state index in [1.54, 1.807) is 15.9 Å². The molecule has 0 saturated carbocycles. The van der Waals surface area contributed by atoms with Gasteiger partial charge in [0, 0.05) is 18.0 Å². The highest BCUT2D eigenvalue weighted by molar-refractivity contribution is 7.99. The first kappa shape index (κ1) is 24.0. The highest BCUT2D eigenvalue weighted by Gasteiger charge is 2.25. The lowest BCUT2D eigenvalue weighted by Gasteiger charge is -2.20. The van der Waals surface area contributed by atoms with Crippen LogP contribution < -0.4 is 5.56 Å². The van der Waals surface area contributed by atoms with Gasteiger partial charge in [-0.3, -0.25) is 14.2 Å². The molecule has 1 aliphatic rings. The van der Waals surface area contributed by atoms with Crippen molar-refractivity contribution in [1.29, 1.82) is 10.5 Å². The third kappa shape index (κ3) is 5.01. The number of aromatic nitrogens is 2. The van der Waals surface area contributed by atoms with Crippen LogP contribution in [0.4, 0.5) is 0 Å². The van der Waals surface area contributed by atoms with E-state index in [0.717, 1.165) is 29.7 Å². The van der Waals surface area contributed by atoms with Crippen LogP contribution in [-0.4, -0.2) is 39.2 Å². The minimum absolute atomic E-state index is 0.0732. The van der Waals surface area contributed by atoms with Crippen molar-refractivity contribution in [1.82, 2.24) is 14.5 Å². The van der Waals surface area contributed by atoms with Gasteiger partial charge in [-0.15, -0.1) is 11.3 Å². The minimum atomic E-state index is -0.177. The minimum Gasteiger partial charge on any atom is -0.340 e. The summed E-state index contributed by atoms with van der Waals surface area (Å²) in [5.41, 5.74) is 1.75. The highest BCUT2D eigenvalue weighted by atomic mass is 32.2. The van der Waals surface area contributed by atoms with E-state index >= 15 is 0 Å². The summed E-state index contributed by atoms with van der Waals surface area (Å²) in [6.45, 7) is 2.80. The molecule has 0 radical (unpaired) electrons. The molecule has 1 aromatic carbocycles. The standard InChI is InChI=1S/C25H25N5O2S2/c1-17-9-10-19-20(15-17)34-23-22(19)24(32)30(18-7-3-2-4-8-18)25(28-23)33-16-21(31)29(13-5-11-26)14-6-12-27/h2-4,7-8,17H,5-6,9-10,13-16H2,1H3. The molecule has 0 spiro atoms. The number of nitrogens with zero attached hydrogens (tertiary/aromatic N) is 5. The average molecular weight is 492 g/mol. The fourth-order valence-electron chi connectivity index (χ4n) is 4.22. The van der Waals surface area contributed by atoms with E-state index in [4.69, 9.17) is 15.5 Å². The highest BCUT2D eigenvalue weighted by Crippen LogP contribution is 2.37. The van der Waals surface area contributed by atoms with Crippen LogP contribution in [0, 0.1) is 28.6 Å². The Balaban J connectivity index is 1.71. The first-order valence-corrected chi connectivity index (χ1v) is 13.1. The number of hydrogen-bond acceptors (Lipinski definition) is 7. The van der Waals surface area contributed by atoms with Crippen molar-refractivity contribution < 1.29 is 4.79 Å². The SMILES string of the molecule is CC1CCc2c(sc3nc(SCC(=O)N(CCC#N)CCC#N)n(-c4ccccc4)c(=O)c23)C1. The molecule has 1 aliphatic carbocycles. The Labute approximate surface area is 206 Å². The molecule has 2 aromatic heterocycles. The van der Waals surface area contributed by atoms with Gasteiger partial charge in [0.25, 0.3) is 5.56 Å². The second-order valence-electron chi connectivity index (χ2n) is 8.39. The molecular formula is C25H25N5O2S2. The summed E-state index contributed by atoms with van der Waals surface area (Å²) in [4.78, 5) is 35.1. The summed E-state index contributed by atoms with van der Waals surface area (Å²) in [5, 5.41) is 19.0. The molecule has 0 bridgehead atoms. The first-order valence-electron chi connectivity index (χ1n) is 11.3. The Hall–Kier alpha value is -3.14. The number of rotatable bonds is 8. The Morgan fingerprint density at radius 1 is 1.24 bits per heavy atom. The zero-order valence-corrected chi connectivity index (χ0v) is 20.6. The Bertz CT molecular complexity index is 1320. The fraction of sp³-hybridized carbons (Fsp3) is 0.400. The molecule has 0 aliphatic heterocycles. The molecule has 0 N–H and O–H groups in total. The van der Waals surface area contributed by atoms with Crippen molar-refractivity contribution in [2.24, 2.45) is 5.92 Å². The molecule has 3 aromatic rings. The molecule has 9 heteroatoms. The maximum atomic E-state index is 13.8. The Morgan fingerprint density at radius 3 is 2.62 bits per heavy atom. The van der Waals surface area contributed by atoms with E-state index < -0.39 is 0 Å². The summed E-state index contributed by atoms with van der Waals surface area (Å²) in [6, 6.07) is 13.5.